The highest BCUT2D eigenvalue weighted by Crippen LogP contribution is 2.18. The van der Waals surface area contributed by atoms with Crippen molar-refractivity contribution >= 4 is 17.9 Å². The zero-order valence-corrected chi connectivity index (χ0v) is 53.5. The summed E-state index contributed by atoms with van der Waals surface area (Å²) in [4.78, 5) is 38.4. The van der Waals surface area contributed by atoms with Crippen LogP contribution >= 0.6 is 0 Å². The molecule has 0 bridgehead atoms. The van der Waals surface area contributed by atoms with Crippen LogP contribution in [-0.2, 0) is 28.6 Å². The van der Waals surface area contributed by atoms with Crippen LogP contribution in [0.5, 0.6) is 0 Å². The number of hydrogen-bond acceptors (Lipinski definition) is 6. The zero-order valence-electron chi connectivity index (χ0n) is 53.5. The normalized spacial score (nSPS) is 12.7. The van der Waals surface area contributed by atoms with Crippen LogP contribution < -0.4 is 0 Å². The molecule has 0 amide bonds. The summed E-state index contributed by atoms with van der Waals surface area (Å²) in [5.74, 6) is -0.944. The van der Waals surface area contributed by atoms with E-state index in [0.717, 1.165) is 122 Å². The number of carbonyl (C=O) groups is 3. The molecule has 6 nitrogen and oxygen atoms in total. The molecular formula is C75H130O6. The lowest BCUT2D eigenvalue weighted by atomic mass is 10.0. The fourth-order valence-corrected chi connectivity index (χ4v) is 9.90. The lowest BCUT2D eigenvalue weighted by molar-refractivity contribution is -0.167. The second-order valence-electron chi connectivity index (χ2n) is 23.1. The molecule has 466 valence electrons. The Bertz CT molecular complexity index is 1580. The number of unbranched alkanes of at least 4 members (excludes halogenated alkanes) is 36. The van der Waals surface area contributed by atoms with Crippen molar-refractivity contribution in [3.8, 4) is 0 Å². The van der Waals surface area contributed by atoms with Crippen molar-refractivity contribution in [3.63, 3.8) is 0 Å². The van der Waals surface area contributed by atoms with Gasteiger partial charge in [-0.05, 0) is 96.3 Å². The van der Waals surface area contributed by atoms with Gasteiger partial charge >= 0.3 is 17.9 Å². The van der Waals surface area contributed by atoms with Gasteiger partial charge in [0.15, 0.2) is 6.10 Å². The maximum atomic E-state index is 12.9. The van der Waals surface area contributed by atoms with E-state index in [1.54, 1.807) is 0 Å². The van der Waals surface area contributed by atoms with E-state index in [0.29, 0.717) is 19.3 Å². The summed E-state index contributed by atoms with van der Waals surface area (Å²) < 4.78 is 16.9. The van der Waals surface area contributed by atoms with Gasteiger partial charge in [-0.1, -0.05) is 323 Å². The number of esters is 3. The molecule has 0 aliphatic rings. The summed E-state index contributed by atoms with van der Waals surface area (Å²) >= 11 is 0. The fourth-order valence-electron chi connectivity index (χ4n) is 9.90. The van der Waals surface area contributed by atoms with E-state index in [-0.39, 0.29) is 37.5 Å². The minimum absolute atomic E-state index is 0.0978. The quantitative estimate of drug-likeness (QED) is 0.0261. The van der Waals surface area contributed by atoms with Crippen molar-refractivity contribution in [1.82, 2.24) is 0 Å². The molecule has 1 unspecified atom stereocenters. The molecule has 0 radical (unpaired) electrons. The van der Waals surface area contributed by atoms with Gasteiger partial charge in [-0.15, -0.1) is 0 Å². The van der Waals surface area contributed by atoms with Gasteiger partial charge in [0.05, 0.1) is 0 Å². The van der Waals surface area contributed by atoms with Crippen LogP contribution in [0.4, 0.5) is 0 Å². The Labute approximate surface area is 502 Å². The Morgan fingerprint density at radius 3 is 0.827 bits per heavy atom. The molecule has 0 rings (SSSR count). The number of hydrogen-bond donors (Lipinski definition) is 0. The van der Waals surface area contributed by atoms with Crippen LogP contribution in [0.1, 0.15) is 342 Å². The van der Waals surface area contributed by atoms with Crippen LogP contribution in [0.15, 0.2) is 97.2 Å². The zero-order chi connectivity index (χ0) is 58.5. The van der Waals surface area contributed by atoms with Gasteiger partial charge in [0.2, 0.25) is 0 Å². The molecule has 0 aliphatic carbocycles. The molecule has 81 heavy (non-hydrogen) atoms. The standard InChI is InChI=1S/C75H130O6/c1-4-7-10-13-16-19-22-25-27-29-31-33-34-35-36-37-38-39-40-42-43-45-47-50-53-56-59-62-65-68-74(77)80-71-72(70-79-73(76)67-64-61-58-55-52-49-24-21-18-15-12-9-6-3)81-75(78)69-66-63-60-57-54-51-48-46-44-41-32-30-28-26-23-20-17-14-11-8-5-2/h8,11-12,15,17,20-21,24,26,28,32,41,46,48,54,57,72H,4-7,9-10,13-14,16,18-19,22-23,25,27,29-31,33-40,42-45,47,49-53,55-56,58-71H2,1-3H3/b11-8-,15-12-,20-17-,24-21-,28-26-,41-32-,48-46-,57-54-. The first kappa shape index (κ1) is 77.3. The first-order valence-electron chi connectivity index (χ1n) is 34.7. The molecule has 0 aromatic rings. The molecular weight excluding hydrogens is 997 g/mol. The van der Waals surface area contributed by atoms with Crippen LogP contribution in [0, 0.1) is 0 Å². The molecule has 0 spiro atoms. The van der Waals surface area contributed by atoms with E-state index in [1.807, 2.05) is 0 Å². The summed E-state index contributed by atoms with van der Waals surface area (Å²) in [5, 5.41) is 0. The molecule has 6 heteroatoms. The SMILES string of the molecule is CC/C=C\C/C=C\C/C=C\C/C=C\C/C=C\C/C=C\CCCCC(=O)OC(COC(=O)CCCCCCC/C=C\C/C=C\CCC)COC(=O)CCCCCCCCCCCCCCCCCCCCCCCCCCCCCCC. The molecule has 0 aliphatic heterocycles. The number of ether oxygens (including phenoxy) is 3. The molecule has 0 saturated heterocycles. The minimum atomic E-state index is -0.808. The highest BCUT2D eigenvalue weighted by molar-refractivity contribution is 5.71. The smallest absolute Gasteiger partial charge is 0.306 e. The summed E-state index contributed by atoms with van der Waals surface area (Å²) in [6.07, 6.45) is 93.1. The van der Waals surface area contributed by atoms with E-state index >= 15 is 0 Å². The summed E-state index contributed by atoms with van der Waals surface area (Å²) in [5.41, 5.74) is 0. The van der Waals surface area contributed by atoms with Gasteiger partial charge in [-0.3, -0.25) is 14.4 Å². The maximum Gasteiger partial charge on any atom is 0.306 e. The number of allylic oxidation sites excluding steroid dienone is 16. The summed E-state index contributed by atoms with van der Waals surface area (Å²) in [7, 11) is 0. The van der Waals surface area contributed by atoms with Gasteiger partial charge in [0.25, 0.3) is 0 Å². The minimum Gasteiger partial charge on any atom is -0.462 e. The third-order valence-corrected chi connectivity index (χ3v) is 15.1. The average molecular weight is 1130 g/mol. The van der Waals surface area contributed by atoms with E-state index in [1.165, 1.54) is 173 Å². The van der Waals surface area contributed by atoms with Crippen LogP contribution in [-0.4, -0.2) is 37.2 Å². The van der Waals surface area contributed by atoms with E-state index < -0.39 is 6.10 Å². The van der Waals surface area contributed by atoms with Crippen molar-refractivity contribution in [2.75, 3.05) is 13.2 Å². The van der Waals surface area contributed by atoms with Crippen molar-refractivity contribution in [3.05, 3.63) is 97.2 Å². The average Bonchev–Trinajstić information content (AvgIpc) is 3.46. The van der Waals surface area contributed by atoms with Crippen molar-refractivity contribution in [2.45, 2.75) is 348 Å². The Balaban J connectivity index is 4.28. The van der Waals surface area contributed by atoms with Gasteiger partial charge in [0, 0.05) is 19.3 Å². The Morgan fingerprint density at radius 2 is 0.506 bits per heavy atom. The van der Waals surface area contributed by atoms with Crippen molar-refractivity contribution in [1.29, 1.82) is 0 Å². The van der Waals surface area contributed by atoms with Crippen LogP contribution in [0.2, 0.25) is 0 Å². The Morgan fingerprint density at radius 1 is 0.259 bits per heavy atom. The van der Waals surface area contributed by atoms with Crippen LogP contribution in [0.3, 0.4) is 0 Å². The van der Waals surface area contributed by atoms with E-state index in [9.17, 15) is 14.4 Å². The molecule has 0 fully saturated rings. The third-order valence-electron chi connectivity index (χ3n) is 15.1. The van der Waals surface area contributed by atoms with Gasteiger partial charge in [0.1, 0.15) is 13.2 Å². The largest absolute Gasteiger partial charge is 0.462 e. The molecule has 1 atom stereocenters. The molecule has 0 saturated carbocycles. The van der Waals surface area contributed by atoms with E-state index in [4.69, 9.17) is 14.2 Å². The highest BCUT2D eigenvalue weighted by atomic mass is 16.6. The summed E-state index contributed by atoms with van der Waals surface area (Å²) in [6.45, 7) is 6.45. The second-order valence-corrected chi connectivity index (χ2v) is 23.1. The van der Waals surface area contributed by atoms with Gasteiger partial charge < -0.3 is 14.2 Å². The van der Waals surface area contributed by atoms with Crippen molar-refractivity contribution < 1.29 is 28.6 Å². The topological polar surface area (TPSA) is 78.9 Å². The molecule has 0 aromatic heterocycles. The lowest BCUT2D eigenvalue weighted by Crippen LogP contribution is -2.30. The second kappa shape index (κ2) is 68.8. The number of carbonyl (C=O) groups excluding carboxylic acids is 3. The monoisotopic (exact) mass is 1130 g/mol. The number of rotatable bonds is 63. The molecule has 0 N–H and O–H groups in total. The third kappa shape index (κ3) is 67.0. The fraction of sp³-hybridized carbons (Fsp3) is 0.747. The Kier molecular flexibility index (Phi) is 65.7. The summed E-state index contributed by atoms with van der Waals surface area (Å²) in [6, 6.07) is 0. The maximum absolute atomic E-state index is 12.9. The van der Waals surface area contributed by atoms with Gasteiger partial charge in [-0.2, -0.15) is 0 Å². The Hall–Kier alpha value is -3.67. The van der Waals surface area contributed by atoms with Crippen LogP contribution in [0.25, 0.3) is 0 Å². The van der Waals surface area contributed by atoms with E-state index in [2.05, 4.69) is 118 Å². The highest BCUT2D eigenvalue weighted by Gasteiger charge is 2.19. The molecule has 0 heterocycles. The van der Waals surface area contributed by atoms with Crippen molar-refractivity contribution in [2.24, 2.45) is 0 Å². The molecule has 0 aromatic carbocycles. The van der Waals surface area contributed by atoms with Gasteiger partial charge in [-0.25, -0.2) is 0 Å². The predicted molar refractivity (Wildman–Crippen MR) is 353 cm³/mol. The predicted octanol–water partition coefficient (Wildman–Crippen LogP) is 24.0. The first-order valence-corrected chi connectivity index (χ1v) is 34.7. The first-order chi connectivity index (χ1) is 40.0. The lowest BCUT2D eigenvalue weighted by Gasteiger charge is -2.18.